The van der Waals surface area contributed by atoms with Gasteiger partial charge in [-0.05, 0) is 23.3 Å². The smallest absolute Gasteiger partial charge is 0.268 e. The van der Waals surface area contributed by atoms with Crippen LogP contribution in [0.15, 0.2) is 53.7 Å². The molecule has 1 amide bonds. The largest absolute Gasteiger partial charge is 0.379 e. The van der Waals surface area contributed by atoms with Crippen LogP contribution in [0.3, 0.4) is 0 Å². The molecule has 9 nitrogen and oxygen atoms in total. The van der Waals surface area contributed by atoms with Gasteiger partial charge in [0.15, 0.2) is 0 Å². The predicted octanol–water partition coefficient (Wildman–Crippen LogP) is 1.36. The lowest BCUT2D eigenvalue weighted by atomic mass is 10.1. The summed E-state index contributed by atoms with van der Waals surface area (Å²) in [6, 6.07) is 11.0. The second kappa shape index (κ2) is 8.19. The Balaban J connectivity index is 1.38. The van der Waals surface area contributed by atoms with Crippen molar-refractivity contribution in [2.45, 2.75) is 11.4 Å². The molecule has 4 rings (SSSR count). The Morgan fingerprint density at radius 3 is 2.62 bits per heavy atom. The molecule has 152 valence electrons. The Hall–Kier alpha value is -2.95. The summed E-state index contributed by atoms with van der Waals surface area (Å²) in [6.45, 7) is 1.69. The van der Waals surface area contributed by atoms with Crippen molar-refractivity contribution in [1.29, 1.82) is 0 Å². The van der Waals surface area contributed by atoms with Gasteiger partial charge < -0.3 is 15.0 Å². The van der Waals surface area contributed by atoms with Gasteiger partial charge in [-0.2, -0.15) is 9.40 Å². The normalized spacial score (nSPS) is 15.3. The van der Waals surface area contributed by atoms with Crippen molar-refractivity contribution in [3.05, 3.63) is 60.0 Å². The minimum absolute atomic E-state index is 0.0773. The van der Waals surface area contributed by atoms with Crippen LogP contribution >= 0.6 is 0 Å². The number of hydrogen-bond donors (Lipinski definition) is 3. The van der Waals surface area contributed by atoms with E-state index in [2.05, 4.69) is 20.5 Å². The Bertz CT molecular complexity index is 1070. The monoisotopic (exact) mass is 415 g/mol. The zero-order valence-electron chi connectivity index (χ0n) is 15.6. The Morgan fingerprint density at radius 1 is 1.17 bits per heavy atom. The van der Waals surface area contributed by atoms with E-state index in [1.807, 2.05) is 30.3 Å². The molecule has 29 heavy (non-hydrogen) atoms. The van der Waals surface area contributed by atoms with Crippen LogP contribution in [0.5, 0.6) is 0 Å². The second-order valence-corrected chi connectivity index (χ2v) is 8.55. The molecule has 0 aliphatic carbocycles. The van der Waals surface area contributed by atoms with Crippen LogP contribution < -0.4 is 5.32 Å². The number of aromatic amines is 2. The van der Waals surface area contributed by atoms with Gasteiger partial charge >= 0.3 is 0 Å². The predicted molar refractivity (Wildman–Crippen MR) is 106 cm³/mol. The minimum Gasteiger partial charge on any atom is -0.379 e. The highest BCUT2D eigenvalue weighted by Gasteiger charge is 2.27. The third-order valence-corrected chi connectivity index (χ3v) is 6.60. The van der Waals surface area contributed by atoms with E-state index in [0.717, 1.165) is 16.8 Å². The van der Waals surface area contributed by atoms with Gasteiger partial charge in [0.05, 0.1) is 18.9 Å². The summed E-state index contributed by atoms with van der Waals surface area (Å²) >= 11 is 0. The van der Waals surface area contributed by atoms with Crippen LogP contribution in [0, 0.1) is 0 Å². The lowest BCUT2D eigenvalue weighted by molar-refractivity contribution is 0.0730. The number of sulfonamides is 1. The molecule has 3 heterocycles. The summed E-state index contributed by atoms with van der Waals surface area (Å²) in [5, 5.41) is 9.62. The van der Waals surface area contributed by atoms with Gasteiger partial charge in [-0.1, -0.05) is 24.3 Å². The van der Waals surface area contributed by atoms with Crippen molar-refractivity contribution < 1.29 is 17.9 Å². The quantitative estimate of drug-likeness (QED) is 0.561. The molecule has 1 fully saturated rings. The number of benzene rings is 1. The fourth-order valence-electron chi connectivity index (χ4n) is 3.09. The Morgan fingerprint density at radius 2 is 1.93 bits per heavy atom. The van der Waals surface area contributed by atoms with E-state index < -0.39 is 10.0 Å². The zero-order valence-corrected chi connectivity index (χ0v) is 16.4. The highest BCUT2D eigenvalue weighted by Crippen LogP contribution is 2.19. The maximum atomic E-state index is 12.6. The van der Waals surface area contributed by atoms with Crippen molar-refractivity contribution in [3.8, 4) is 11.3 Å². The van der Waals surface area contributed by atoms with E-state index in [0.29, 0.717) is 32.8 Å². The molecule has 1 aromatic carbocycles. The molecule has 2 aromatic heterocycles. The van der Waals surface area contributed by atoms with Gasteiger partial charge in [-0.3, -0.25) is 9.89 Å². The molecule has 0 bridgehead atoms. The Kier molecular flexibility index (Phi) is 5.47. The summed E-state index contributed by atoms with van der Waals surface area (Å²) in [4.78, 5) is 15.2. The van der Waals surface area contributed by atoms with Gasteiger partial charge in [-0.25, -0.2) is 8.42 Å². The van der Waals surface area contributed by atoms with Crippen LogP contribution in [-0.4, -0.2) is 60.1 Å². The van der Waals surface area contributed by atoms with E-state index in [1.165, 1.54) is 16.6 Å². The summed E-state index contributed by atoms with van der Waals surface area (Å²) in [5.74, 6) is -0.369. The van der Waals surface area contributed by atoms with Crippen LogP contribution in [-0.2, 0) is 21.3 Å². The number of nitrogens with one attached hydrogen (secondary N) is 3. The molecule has 3 N–H and O–H groups in total. The van der Waals surface area contributed by atoms with Crippen molar-refractivity contribution in [3.63, 3.8) is 0 Å². The molecule has 0 atom stereocenters. The zero-order chi connectivity index (χ0) is 20.3. The van der Waals surface area contributed by atoms with Crippen LogP contribution in [0.4, 0.5) is 0 Å². The maximum absolute atomic E-state index is 12.6. The molecule has 0 spiro atoms. The highest BCUT2D eigenvalue weighted by atomic mass is 32.2. The number of rotatable bonds is 6. The number of aromatic nitrogens is 3. The molecule has 0 radical (unpaired) electrons. The van der Waals surface area contributed by atoms with E-state index >= 15 is 0 Å². The van der Waals surface area contributed by atoms with E-state index in [-0.39, 0.29) is 16.5 Å². The first-order valence-corrected chi connectivity index (χ1v) is 10.6. The number of nitrogens with zero attached hydrogens (tertiary/aromatic N) is 2. The number of amides is 1. The molecule has 1 aliphatic heterocycles. The fourth-order valence-corrected chi connectivity index (χ4v) is 4.49. The molecular weight excluding hydrogens is 394 g/mol. The first-order chi connectivity index (χ1) is 14.0. The van der Waals surface area contributed by atoms with Gasteiger partial charge in [0.25, 0.3) is 5.91 Å². The van der Waals surface area contributed by atoms with Crippen LogP contribution in [0.2, 0.25) is 0 Å². The summed E-state index contributed by atoms with van der Waals surface area (Å²) in [5.41, 5.74) is 3.04. The molecule has 0 unspecified atom stereocenters. The number of hydrogen-bond acceptors (Lipinski definition) is 5. The highest BCUT2D eigenvalue weighted by molar-refractivity contribution is 7.89. The number of carbonyl (C=O) groups excluding carboxylic acids is 1. The summed E-state index contributed by atoms with van der Waals surface area (Å²) < 4.78 is 31.8. The average Bonchev–Trinajstić information content (AvgIpc) is 3.46. The fraction of sp³-hybridized carbons (Fsp3) is 0.263. The van der Waals surface area contributed by atoms with Crippen molar-refractivity contribution >= 4 is 15.9 Å². The van der Waals surface area contributed by atoms with E-state index in [1.54, 1.807) is 6.20 Å². The lowest BCUT2D eigenvalue weighted by Gasteiger charge is -2.25. The maximum Gasteiger partial charge on any atom is 0.268 e. The lowest BCUT2D eigenvalue weighted by Crippen LogP contribution is -2.40. The minimum atomic E-state index is -3.63. The molecule has 3 aromatic rings. The second-order valence-electron chi connectivity index (χ2n) is 6.62. The third kappa shape index (κ3) is 4.24. The first kappa shape index (κ1) is 19.4. The number of ether oxygens (including phenoxy) is 1. The topological polar surface area (TPSA) is 120 Å². The number of carbonyl (C=O) groups is 1. The Labute approximate surface area is 168 Å². The van der Waals surface area contributed by atoms with Crippen molar-refractivity contribution in [2.75, 3.05) is 26.3 Å². The summed E-state index contributed by atoms with van der Waals surface area (Å²) in [7, 11) is -3.63. The van der Waals surface area contributed by atoms with Gasteiger partial charge in [-0.15, -0.1) is 0 Å². The van der Waals surface area contributed by atoms with Gasteiger partial charge in [0.1, 0.15) is 10.6 Å². The van der Waals surface area contributed by atoms with E-state index in [9.17, 15) is 13.2 Å². The van der Waals surface area contributed by atoms with Crippen molar-refractivity contribution in [2.24, 2.45) is 0 Å². The third-order valence-electron chi connectivity index (χ3n) is 4.73. The van der Waals surface area contributed by atoms with Gasteiger partial charge in [0, 0.05) is 32.0 Å². The SMILES string of the molecule is O=C(NCc1ccc(-c2ccn[nH]2)cc1)c1cc(S(=O)(=O)N2CCOCC2)c[nH]1. The summed E-state index contributed by atoms with van der Waals surface area (Å²) in [6.07, 6.45) is 3.03. The van der Waals surface area contributed by atoms with Crippen molar-refractivity contribution in [1.82, 2.24) is 24.8 Å². The molecule has 10 heteroatoms. The molecular formula is C19H21N5O4S. The van der Waals surface area contributed by atoms with Crippen LogP contribution in [0.25, 0.3) is 11.3 Å². The standard InChI is InChI=1S/C19H21N5O4S/c25-19(21-12-14-1-3-15(4-2-14)17-5-6-22-23-17)18-11-16(13-20-18)29(26,27)24-7-9-28-10-8-24/h1-6,11,13,20H,7-10,12H2,(H,21,25)(H,22,23). The van der Waals surface area contributed by atoms with Gasteiger partial charge in [0.2, 0.25) is 10.0 Å². The molecule has 1 saturated heterocycles. The van der Waals surface area contributed by atoms with E-state index in [4.69, 9.17) is 4.74 Å². The first-order valence-electron chi connectivity index (χ1n) is 9.17. The average molecular weight is 415 g/mol. The van der Waals surface area contributed by atoms with Crippen LogP contribution in [0.1, 0.15) is 16.1 Å². The molecule has 0 saturated carbocycles. The number of H-pyrrole nitrogens is 2. The number of morpholine rings is 1. The molecule has 1 aliphatic rings.